The Kier molecular flexibility index (Phi) is 26.6. The number of aliphatic hydroxyl groups is 6. The average Bonchev–Trinajstić information content (AvgIpc) is 3.60. The Morgan fingerprint density at radius 3 is 1.80 bits per heavy atom. The second-order valence-corrected chi connectivity index (χ2v) is 13.9. The molecule has 0 bridgehead atoms. The van der Waals surface area contributed by atoms with Gasteiger partial charge in [-0.3, -0.25) is 4.55 Å². The Morgan fingerprint density at radius 2 is 1.40 bits per heavy atom. The molecule has 0 amide bonds. The third-order valence-corrected chi connectivity index (χ3v) is 8.11. The molecule has 0 radical (unpaired) electrons. The summed E-state index contributed by atoms with van der Waals surface area (Å²) in [6.07, 6.45) is 0.242. The van der Waals surface area contributed by atoms with Crippen LogP contribution in [0.3, 0.4) is 0 Å². The van der Waals surface area contributed by atoms with Crippen LogP contribution in [0.2, 0.25) is 0 Å². The molecule has 306 valence electrons. The predicted octanol–water partition coefficient (Wildman–Crippen LogP) is -4.00. The zero-order valence-electron chi connectivity index (χ0n) is 28.6. The van der Waals surface area contributed by atoms with Gasteiger partial charge in [0.25, 0.3) is 6.23 Å². The zero-order chi connectivity index (χ0) is 42.1. The van der Waals surface area contributed by atoms with Gasteiger partial charge in [-0.15, -0.1) is 0 Å². The minimum absolute atomic E-state index is 0. The number of alkyl halides is 3. The van der Waals surface area contributed by atoms with Crippen molar-refractivity contribution in [2.24, 2.45) is 0 Å². The van der Waals surface area contributed by atoms with E-state index < -0.39 is 102 Å². The quantitative estimate of drug-likeness (QED) is 0.0471. The van der Waals surface area contributed by atoms with Crippen molar-refractivity contribution < 1.29 is 107 Å². The van der Waals surface area contributed by atoms with Crippen LogP contribution in [0.15, 0.2) is 48.6 Å². The summed E-state index contributed by atoms with van der Waals surface area (Å²) in [5.74, 6) is -0.970. The molecule has 4 rings (SSSR count). The number of aliphatic hydroxyl groups excluding tert-OH is 6. The van der Waals surface area contributed by atoms with Crippen LogP contribution in [0.25, 0.3) is 0 Å². The van der Waals surface area contributed by atoms with E-state index in [1.807, 2.05) is 0 Å². The van der Waals surface area contributed by atoms with Crippen molar-refractivity contribution in [2.75, 3.05) is 27.4 Å². The van der Waals surface area contributed by atoms with E-state index in [2.05, 4.69) is 9.47 Å². The summed E-state index contributed by atoms with van der Waals surface area (Å²) in [5.41, 5.74) is -4.82. The number of hydrogen-bond acceptors (Lipinski definition) is 19. The number of allylic oxidation sites excluding steroid dienone is 1. The summed E-state index contributed by atoms with van der Waals surface area (Å²) in [6.45, 7) is -0.786. The Balaban J connectivity index is 0. The number of pyridine rings is 1. The molecule has 0 aliphatic carbocycles. The van der Waals surface area contributed by atoms with Gasteiger partial charge in [0.15, 0.2) is 24.7 Å². The molecule has 0 aromatic carbocycles. The van der Waals surface area contributed by atoms with Gasteiger partial charge in [-0.05, 0) is 6.07 Å². The molecule has 0 saturated carbocycles. The monoisotopic (exact) mass is 881 g/mol. The molecule has 0 spiro atoms. The molecule has 55 heavy (non-hydrogen) atoms. The maximum atomic E-state index is 11.4. The van der Waals surface area contributed by atoms with Gasteiger partial charge in [0.2, 0.25) is 0 Å². The van der Waals surface area contributed by atoms with Gasteiger partial charge in [-0.25, -0.2) is 9.59 Å². The Hall–Kier alpha value is -1.61. The van der Waals surface area contributed by atoms with E-state index in [0.29, 0.717) is 17.6 Å². The molecule has 7 N–H and O–H groups in total. The second kappa shape index (κ2) is 26.4. The summed E-state index contributed by atoms with van der Waals surface area (Å²) < 4.78 is 115. The summed E-state index contributed by atoms with van der Waals surface area (Å²) in [7, 11) is -9.18. The van der Waals surface area contributed by atoms with Crippen molar-refractivity contribution in [1.29, 1.82) is 0 Å². The molecule has 3 aliphatic rings. The molecule has 1 aromatic heterocycles. The van der Waals surface area contributed by atoms with Crippen molar-refractivity contribution in [3.63, 3.8) is 0 Å². The van der Waals surface area contributed by atoms with Crippen LogP contribution < -0.4 is 4.57 Å². The van der Waals surface area contributed by atoms with Gasteiger partial charge in [-0.2, -0.15) is 43.0 Å². The topological polar surface area (TPSA) is 322 Å². The van der Waals surface area contributed by atoms with E-state index in [1.165, 1.54) is 79.7 Å². The molecular formula is C26H38F3N2Na2O19S3+. The first-order valence-corrected chi connectivity index (χ1v) is 27.0. The summed E-state index contributed by atoms with van der Waals surface area (Å²) in [4.78, 5) is 24.4. The normalized spacial score (nSPS) is 25.3. The maximum absolute atomic E-state index is 11.4. The number of methoxy groups -OCH3 is 2. The van der Waals surface area contributed by atoms with Gasteiger partial charge in [-0.1, -0.05) is 13.5 Å². The number of aromatic nitrogens is 1. The average molecular weight is 882 g/mol. The van der Waals surface area contributed by atoms with Crippen molar-refractivity contribution in [1.82, 2.24) is 4.90 Å². The van der Waals surface area contributed by atoms with Gasteiger partial charge >= 0.3 is 89.7 Å². The number of rotatable bonds is 6. The van der Waals surface area contributed by atoms with E-state index in [9.17, 15) is 43.2 Å². The third kappa shape index (κ3) is 17.4. The number of ether oxygens (including phenoxy) is 4. The standard InChI is InChI=1S/C12H17NO6.C12H16NO6.CHF3O3S.CH4.2Na.O4S2/c2*1-18-12(17)7-3-2-4-13(5-7)11-10(16)9(15)8(6-14)19-11;2-1(3,4)8(5,6)7;;;;1-5(2)6(3)4/h2,4-5,8-11,14-16H,3,6H2,1H3;2-5,8-11,14-16H,6H2,1H3;(H,5,6,7);1H4;;;/q;+1;;;;;/t2*8-,9+,10?,11-;;;;;/m11...../s1. The van der Waals surface area contributed by atoms with E-state index in [0.717, 1.165) is 0 Å². The van der Waals surface area contributed by atoms with Crippen molar-refractivity contribution >= 4 is 84.2 Å². The SMILES string of the molecule is C.COC(=O)C1=CN([C@@H]2O[C@H](CO)[C@H](O)C2O)C=CC1.COC(=O)c1ccc[n+]([C@@H]2O[C@H](CO)[C@H](O)C2O)c1.O=S(=O)(O)C(F)(F)F.O=S(=O)=S(=O)=O.[Na][Na]. The Bertz CT molecular complexity index is 1770. The fourth-order valence-corrected chi connectivity index (χ4v) is 4.14. The van der Waals surface area contributed by atoms with Gasteiger partial charge in [0.1, 0.15) is 36.1 Å². The van der Waals surface area contributed by atoms with Crippen molar-refractivity contribution in [2.45, 2.75) is 68.4 Å². The number of halogens is 3. The van der Waals surface area contributed by atoms with Crippen molar-refractivity contribution in [3.8, 4) is 0 Å². The number of carbonyl (C=O) groups excluding carboxylic acids is 2. The summed E-state index contributed by atoms with van der Waals surface area (Å²) >= 11 is 2.89. The molecule has 1 aromatic rings. The first-order chi connectivity index (χ1) is 25.1. The predicted molar refractivity (Wildman–Crippen MR) is 178 cm³/mol. The second-order valence-electron chi connectivity index (χ2n) is 10.0. The molecule has 3 aliphatic heterocycles. The van der Waals surface area contributed by atoms with Gasteiger partial charge in [0, 0.05) is 24.9 Å². The van der Waals surface area contributed by atoms with Crippen LogP contribution in [-0.2, 0) is 52.4 Å². The fourth-order valence-electron chi connectivity index (χ4n) is 4.14. The zero-order valence-corrected chi connectivity index (χ0v) is 35.0. The number of carbonyl (C=O) groups is 2. The third-order valence-electron chi connectivity index (χ3n) is 6.64. The van der Waals surface area contributed by atoms with Crippen molar-refractivity contribution in [3.05, 3.63) is 54.1 Å². The van der Waals surface area contributed by atoms with Crippen LogP contribution in [0.1, 0.15) is 30.4 Å². The Morgan fingerprint density at radius 1 is 0.927 bits per heavy atom. The molecule has 8 atom stereocenters. The van der Waals surface area contributed by atoms with Crippen LogP contribution in [-0.4, -0.2) is 197 Å². The van der Waals surface area contributed by atoms with Gasteiger partial charge < -0.3 is 54.5 Å². The first kappa shape index (κ1) is 55.5. The number of nitrogens with zero attached hydrogens (tertiary/aromatic N) is 2. The van der Waals surface area contributed by atoms with Crippen LogP contribution in [0.5, 0.6) is 0 Å². The van der Waals surface area contributed by atoms with E-state index in [1.54, 1.807) is 30.6 Å². The molecule has 29 heteroatoms. The molecule has 2 fully saturated rings. The Labute approximate surface area is 343 Å². The van der Waals surface area contributed by atoms with Crippen LogP contribution in [0.4, 0.5) is 13.2 Å². The molecule has 2 unspecified atom stereocenters. The number of hydrogen-bond donors (Lipinski definition) is 7. The summed E-state index contributed by atoms with van der Waals surface area (Å²) in [5, 5.41) is 57.2. The van der Waals surface area contributed by atoms with E-state index >= 15 is 0 Å². The molecule has 4 heterocycles. The first-order valence-electron chi connectivity index (χ1n) is 14.9. The van der Waals surface area contributed by atoms with Crippen LogP contribution in [0, 0.1) is 0 Å². The molecule has 2 saturated heterocycles. The van der Waals surface area contributed by atoms with E-state index in [-0.39, 0.29) is 14.0 Å². The van der Waals surface area contributed by atoms with E-state index in [4.69, 9.17) is 49.5 Å². The molecule has 21 nitrogen and oxygen atoms in total. The molecular weight excluding hydrogens is 843 g/mol. The van der Waals surface area contributed by atoms with Gasteiger partial charge in [0.05, 0.1) is 33.0 Å². The number of esters is 2. The van der Waals surface area contributed by atoms with Crippen LogP contribution >= 0.6 is 0 Å². The minimum atomic E-state index is -5.84. The fraction of sp³-hybridized carbons (Fsp3) is 0.577. The summed E-state index contributed by atoms with van der Waals surface area (Å²) in [6, 6.07) is 3.16.